The topological polar surface area (TPSA) is 8.17 Å². The molecular formula is C72H74N2. The van der Waals surface area contributed by atoms with Gasteiger partial charge in [0.25, 0.3) is 0 Å². The van der Waals surface area contributed by atoms with Crippen molar-refractivity contribution in [2.24, 2.45) is 0 Å². The molecule has 10 aromatic carbocycles. The first-order chi connectivity index (χ1) is 34.9. The molecule has 0 atom stereocenters. The summed E-state index contributed by atoms with van der Waals surface area (Å²) in [5.74, 6) is 0. The van der Waals surface area contributed by atoms with Gasteiger partial charge in [0, 0.05) is 27.2 Å². The molecule has 74 heavy (non-hydrogen) atoms. The summed E-state index contributed by atoms with van der Waals surface area (Å²) in [5, 5.41) is 10.2. The van der Waals surface area contributed by atoms with E-state index in [2.05, 4.69) is 289 Å². The zero-order valence-corrected chi connectivity index (χ0v) is 46.6. The Kier molecular flexibility index (Phi) is 11.4. The molecule has 11 aromatic rings. The van der Waals surface area contributed by atoms with E-state index >= 15 is 0 Å². The molecule has 11 rings (SSSR count). The minimum absolute atomic E-state index is 0.0197. The normalized spacial score (nSPS) is 13.1. The lowest BCUT2D eigenvalue weighted by Gasteiger charge is -2.36. The number of benzene rings is 10. The maximum absolute atomic E-state index is 2.63. The van der Waals surface area contributed by atoms with E-state index in [9.17, 15) is 0 Å². The van der Waals surface area contributed by atoms with E-state index in [0.717, 1.165) is 0 Å². The molecule has 1 aromatic heterocycles. The molecule has 372 valence electrons. The first-order valence-corrected chi connectivity index (χ1v) is 26.9. The second-order valence-electron chi connectivity index (χ2n) is 26.4. The van der Waals surface area contributed by atoms with Gasteiger partial charge in [0.15, 0.2) is 0 Å². The quantitative estimate of drug-likeness (QED) is 0.151. The Morgan fingerprint density at radius 1 is 0.324 bits per heavy atom. The Hall–Kier alpha value is -7.16. The van der Waals surface area contributed by atoms with Gasteiger partial charge in [-0.3, -0.25) is 0 Å². The third-order valence-electron chi connectivity index (χ3n) is 15.9. The lowest BCUT2D eigenvalue weighted by Crippen LogP contribution is -2.22. The second kappa shape index (κ2) is 17.2. The van der Waals surface area contributed by atoms with E-state index in [4.69, 9.17) is 0 Å². The molecule has 0 unspecified atom stereocenters. The summed E-state index contributed by atoms with van der Waals surface area (Å²) < 4.78 is 2.55. The van der Waals surface area contributed by atoms with E-state index in [0.29, 0.717) is 0 Å². The highest BCUT2D eigenvalue weighted by Crippen LogP contribution is 2.51. The largest absolute Gasteiger partial charge is 0.310 e. The summed E-state index contributed by atoms with van der Waals surface area (Å²) in [6, 6.07) is 67.8. The number of aromatic nitrogens is 1. The molecule has 0 saturated carbocycles. The van der Waals surface area contributed by atoms with Crippen LogP contribution in [0.4, 0.5) is 17.1 Å². The summed E-state index contributed by atoms with van der Waals surface area (Å²) in [6.07, 6.45) is 0. The van der Waals surface area contributed by atoms with E-state index < -0.39 is 0 Å². The third-order valence-corrected chi connectivity index (χ3v) is 15.9. The van der Waals surface area contributed by atoms with Gasteiger partial charge in [-0.1, -0.05) is 219 Å². The van der Waals surface area contributed by atoms with Crippen molar-refractivity contribution in [1.82, 2.24) is 4.57 Å². The predicted octanol–water partition coefficient (Wildman–Crippen LogP) is 21.0. The van der Waals surface area contributed by atoms with Gasteiger partial charge in [0.2, 0.25) is 0 Å². The fourth-order valence-corrected chi connectivity index (χ4v) is 11.5. The van der Waals surface area contributed by atoms with E-state index in [1.807, 2.05) is 0 Å². The smallest absolute Gasteiger partial charge is 0.0541 e. The number of hydrogen-bond donors (Lipinski definition) is 0. The van der Waals surface area contributed by atoms with Crippen LogP contribution in [0.2, 0.25) is 0 Å². The van der Waals surface area contributed by atoms with Crippen molar-refractivity contribution >= 4 is 71.2 Å². The molecule has 0 bridgehead atoms. The highest BCUT2D eigenvalue weighted by Gasteiger charge is 2.31. The third kappa shape index (κ3) is 8.45. The van der Waals surface area contributed by atoms with E-state index in [-0.39, 0.29) is 27.1 Å². The zero-order valence-electron chi connectivity index (χ0n) is 46.6. The van der Waals surface area contributed by atoms with Crippen LogP contribution in [-0.2, 0) is 27.1 Å². The van der Waals surface area contributed by atoms with Gasteiger partial charge in [-0.15, -0.1) is 0 Å². The SMILES string of the molecule is CC(C)(C)c1cc(N(c2cc(-c3ccccc3)c(-c3ccccc3)cc2C(C)(C)C)c2ccc3ccc4c(-n5c6ccc(C(C)(C)C)cc6c6cc(C(C)(C)C)ccc65)ccc5ccc2c3c54)cc(C(C)(C)C)c1. The molecule has 2 nitrogen and oxygen atoms in total. The van der Waals surface area contributed by atoms with Crippen molar-refractivity contribution in [2.45, 2.75) is 131 Å². The van der Waals surface area contributed by atoms with Crippen molar-refractivity contribution in [3.63, 3.8) is 0 Å². The molecule has 0 amide bonds. The lowest BCUT2D eigenvalue weighted by atomic mass is 9.79. The van der Waals surface area contributed by atoms with Gasteiger partial charge in [-0.2, -0.15) is 0 Å². The molecule has 0 radical (unpaired) electrons. The van der Waals surface area contributed by atoms with Crippen LogP contribution in [0.5, 0.6) is 0 Å². The van der Waals surface area contributed by atoms with Gasteiger partial charge < -0.3 is 9.47 Å². The van der Waals surface area contributed by atoms with Crippen LogP contribution < -0.4 is 4.90 Å². The first-order valence-electron chi connectivity index (χ1n) is 26.9. The number of rotatable bonds is 6. The average Bonchev–Trinajstić information content (AvgIpc) is 3.68. The van der Waals surface area contributed by atoms with Crippen LogP contribution in [-0.4, -0.2) is 4.57 Å². The number of anilines is 3. The standard InChI is InChI=1S/C72H74N2/c1-68(2,3)49-30-36-63-58(41-49)59-42-50(69(4,5)6)31-37-64(59)74(63)62-35-29-48-26-32-54-61(34-28-47-27-33-55(62)67(48)66(47)54)73(53-39-51(70(7,8)9)38-52(40-53)71(10,11)12)65-44-57(46-24-20-17-21-25-46)56(43-60(65)72(13,14)15)45-22-18-16-19-23-45/h16-44H,1-15H3. The van der Waals surface area contributed by atoms with Crippen molar-refractivity contribution in [2.75, 3.05) is 4.90 Å². The highest BCUT2D eigenvalue weighted by molar-refractivity contribution is 6.27. The van der Waals surface area contributed by atoms with E-state index in [1.54, 1.807) is 0 Å². The van der Waals surface area contributed by atoms with Gasteiger partial charge in [-0.25, -0.2) is 0 Å². The van der Waals surface area contributed by atoms with Gasteiger partial charge >= 0.3 is 0 Å². The second-order valence-corrected chi connectivity index (χ2v) is 26.4. The molecule has 0 aliphatic heterocycles. The number of hydrogen-bond acceptors (Lipinski definition) is 1. The maximum atomic E-state index is 2.63. The molecule has 2 heteroatoms. The summed E-state index contributed by atoms with van der Waals surface area (Å²) in [6.45, 7) is 35.2. The van der Waals surface area contributed by atoms with Crippen molar-refractivity contribution < 1.29 is 0 Å². The minimum atomic E-state index is -0.219. The van der Waals surface area contributed by atoms with Crippen molar-refractivity contribution in [3.8, 4) is 27.9 Å². The van der Waals surface area contributed by atoms with E-state index in [1.165, 1.54) is 127 Å². The van der Waals surface area contributed by atoms with Crippen molar-refractivity contribution in [1.29, 1.82) is 0 Å². The van der Waals surface area contributed by atoms with Crippen molar-refractivity contribution in [3.05, 3.63) is 204 Å². The summed E-state index contributed by atoms with van der Waals surface area (Å²) in [4.78, 5) is 2.63. The Labute approximate surface area is 441 Å². The average molecular weight is 967 g/mol. The van der Waals surface area contributed by atoms with Crippen LogP contribution in [0.15, 0.2) is 176 Å². The van der Waals surface area contributed by atoms with Gasteiger partial charge in [0.1, 0.15) is 0 Å². The molecule has 0 spiro atoms. The molecule has 0 aliphatic carbocycles. The molecule has 0 N–H and O–H groups in total. The number of fused-ring (bicyclic) bond motifs is 3. The molecule has 1 heterocycles. The van der Waals surface area contributed by atoms with Gasteiger partial charge in [-0.05, 0) is 159 Å². The molecule has 0 aliphatic rings. The Bertz CT molecular complexity index is 3840. The van der Waals surface area contributed by atoms with Gasteiger partial charge in [0.05, 0.1) is 28.1 Å². The maximum Gasteiger partial charge on any atom is 0.0541 e. The predicted molar refractivity (Wildman–Crippen MR) is 324 cm³/mol. The Balaban J connectivity index is 1.25. The minimum Gasteiger partial charge on any atom is -0.310 e. The summed E-state index contributed by atoms with van der Waals surface area (Å²) in [7, 11) is 0. The Morgan fingerprint density at radius 3 is 1.26 bits per heavy atom. The summed E-state index contributed by atoms with van der Waals surface area (Å²) >= 11 is 0. The monoisotopic (exact) mass is 967 g/mol. The molecule has 0 fully saturated rings. The zero-order chi connectivity index (χ0) is 52.4. The lowest BCUT2D eigenvalue weighted by molar-refractivity contribution is 0.568. The van der Waals surface area contributed by atoms with Crippen LogP contribution >= 0.6 is 0 Å². The fraction of sp³-hybridized carbons (Fsp3) is 0.278. The van der Waals surface area contributed by atoms with Crippen LogP contribution in [0.25, 0.3) is 82.1 Å². The first kappa shape index (κ1) is 49.1. The van der Waals surface area contributed by atoms with Crippen LogP contribution in [0.1, 0.15) is 132 Å². The molecular weight excluding hydrogens is 893 g/mol. The fourth-order valence-electron chi connectivity index (χ4n) is 11.5. The van der Waals surface area contributed by atoms with Crippen LogP contribution in [0.3, 0.4) is 0 Å². The van der Waals surface area contributed by atoms with Crippen LogP contribution in [0, 0.1) is 0 Å². The Morgan fingerprint density at radius 2 is 0.770 bits per heavy atom. The summed E-state index contributed by atoms with van der Waals surface area (Å²) in [5.41, 5.74) is 18.3. The number of nitrogens with zero attached hydrogens (tertiary/aromatic N) is 2. The highest BCUT2D eigenvalue weighted by atomic mass is 15.1. The molecule has 0 saturated heterocycles.